The molecule has 1 aromatic carbocycles. The molecule has 96 valence electrons. The third-order valence-electron chi connectivity index (χ3n) is 2.76. The maximum atomic E-state index is 12.7. The van der Waals surface area contributed by atoms with Crippen molar-refractivity contribution in [2.45, 2.75) is 26.1 Å². The third-order valence-corrected chi connectivity index (χ3v) is 2.76. The molecule has 2 N–H and O–H groups in total. The van der Waals surface area contributed by atoms with Crippen molar-refractivity contribution in [3.05, 3.63) is 29.8 Å². The van der Waals surface area contributed by atoms with Crippen LogP contribution in [0, 0.1) is 5.92 Å². The molecule has 0 aliphatic carbocycles. The summed E-state index contributed by atoms with van der Waals surface area (Å²) in [4.78, 5) is 0. The van der Waals surface area contributed by atoms with Crippen molar-refractivity contribution in [3.8, 4) is 0 Å². The minimum absolute atomic E-state index is 0.0489. The second-order valence-corrected chi connectivity index (χ2v) is 4.14. The van der Waals surface area contributed by atoms with Crippen LogP contribution in [0.25, 0.3) is 0 Å². The second-order valence-electron chi connectivity index (χ2n) is 4.14. The van der Waals surface area contributed by atoms with Crippen LogP contribution in [0.3, 0.4) is 0 Å². The molecule has 0 aromatic heterocycles. The number of rotatable bonds is 4. The molecule has 2 nitrogen and oxygen atoms in total. The molecule has 5 heteroatoms. The lowest BCUT2D eigenvalue weighted by molar-refractivity contribution is -0.137. The molecule has 0 aliphatic rings. The molecule has 1 rings (SSSR count). The van der Waals surface area contributed by atoms with Gasteiger partial charge in [-0.05, 0) is 25.0 Å². The largest absolute Gasteiger partial charge is 0.418 e. The van der Waals surface area contributed by atoms with Crippen LogP contribution in [0.5, 0.6) is 0 Å². The van der Waals surface area contributed by atoms with Crippen LogP contribution in [0.4, 0.5) is 18.9 Å². The average Bonchev–Trinajstić information content (AvgIpc) is 2.27. The lowest BCUT2D eigenvalue weighted by Crippen LogP contribution is -2.27. The number of hydrogen-bond donors (Lipinski definition) is 2. The summed E-state index contributed by atoms with van der Waals surface area (Å²) < 4.78 is 38.1. The Balaban J connectivity index is 2.91. The standard InChI is InChI=1S/C12H16F3NO/c1-8(7-17)9(2)16-11-6-4-3-5-10(11)12(13,14)15/h3-6,8-9,16-17H,7H2,1-2H3. The fraction of sp³-hybridized carbons (Fsp3) is 0.500. The Morgan fingerprint density at radius 3 is 2.35 bits per heavy atom. The average molecular weight is 247 g/mol. The smallest absolute Gasteiger partial charge is 0.396 e. The highest BCUT2D eigenvalue weighted by atomic mass is 19.4. The van der Waals surface area contributed by atoms with E-state index in [9.17, 15) is 13.2 Å². The summed E-state index contributed by atoms with van der Waals surface area (Å²) in [5.41, 5.74) is -0.634. The van der Waals surface area contributed by atoms with Gasteiger partial charge < -0.3 is 10.4 Å². The van der Waals surface area contributed by atoms with Gasteiger partial charge >= 0.3 is 6.18 Å². The number of alkyl halides is 3. The number of halogens is 3. The zero-order valence-electron chi connectivity index (χ0n) is 9.75. The van der Waals surface area contributed by atoms with Crippen LogP contribution in [-0.2, 0) is 6.18 Å². The molecule has 0 aliphatic heterocycles. The number of para-hydroxylation sites is 1. The van der Waals surface area contributed by atoms with Crippen LogP contribution in [0.2, 0.25) is 0 Å². The van der Waals surface area contributed by atoms with E-state index in [1.54, 1.807) is 19.9 Å². The Labute approximate surface area is 98.5 Å². The monoisotopic (exact) mass is 247 g/mol. The molecule has 17 heavy (non-hydrogen) atoms. The Bertz CT molecular complexity index is 365. The van der Waals surface area contributed by atoms with Crippen molar-refractivity contribution in [2.75, 3.05) is 11.9 Å². The van der Waals surface area contributed by atoms with Gasteiger partial charge in [0.1, 0.15) is 0 Å². The van der Waals surface area contributed by atoms with E-state index in [4.69, 9.17) is 5.11 Å². The summed E-state index contributed by atoms with van der Waals surface area (Å²) in [6.45, 7) is 3.45. The lowest BCUT2D eigenvalue weighted by Gasteiger charge is -2.23. The Morgan fingerprint density at radius 1 is 1.24 bits per heavy atom. The van der Waals surface area contributed by atoms with Gasteiger partial charge in [0.2, 0.25) is 0 Å². The fourth-order valence-corrected chi connectivity index (χ4v) is 1.40. The first-order valence-electron chi connectivity index (χ1n) is 5.40. The normalized spacial score (nSPS) is 15.4. The number of aliphatic hydroxyl groups excluding tert-OH is 1. The first kappa shape index (κ1) is 13.8. The Morgan fingerprint density at radius 2 is 1.82 bits per heavy atom. The summed E-state index contributed by atoms with van der Waals surface area (Å²) in [6, 6.07) is 5.10. The van der Waals surface area contributed by atoms with Crippen molar-refractivity contribution in [1.82, 2.24) is 0 Å². The van der Waals surface area contributed by atoms with E-state index in [0.29, 0.717) is 0 Å². The summed E-state index contributed by atoms with van der Waals surface area (Å²) in [7, 11) is 0. The van der Waals surface area contributed by atoms with Gasteiger partial charge in [0.05, 0.1) is 5.56 Å². The molecule has 0 radical (unpaired) electrons. The maximum absolute atomic E-state index is 12.7. The molecule has 0 heterocycles. The van der Waals surface area contributed by atoms with Gasteiger partial charge in [-0.3, -0.25) is 0 Å². The van der Waals surface area contributed by atoms with Crippen molar-refractivity contribution in [1.29, 1.82) is 0 Å². The van der Waals surface area contributed by atoms with Crippen LogP contribution in [0.15, 0.2) is 24.3 Å². The summed E-state index contributed by atoms with van der Waals surface area (Å²) in [5.74, 6) is -0.115. The van der Waals surface area contributed by atoms with E-state index < -0.39 is 11.7 Å². The molecule has 2 unspecified atom stereocenters. The molecule has 2 atom stereocenters. The van der Waals surface area contributed by atoms with Crippen LogP contribution < -0.4 is 5.32 Å². The molecule has 0 fully saturated rings. The second kappa shape index (κ2) is 5.40. The van der Waals surface area contributed by atoms with E-state index in [1.807, 2.05) is 0 Å². The highest BCUT2D eigenvalue weighted by Crippen LogP contribution is 2.35. The van der Waals surface area contributed by atoms with Gasteiger partial charge in [-0.15, -0.1) is 0 Å². The van der Waals surface area contributed by atoms with Crippen molar-refractivity contribution < 1.29 is 18.3 Å². The van der Waals surface area contributed by atoms with Crippen molar-refractivity contribution in [3.63, 3.8) is 0 Å². The summed E-state index contributed by atoms with van der Waals surface area (Å²) >= 11 is 0. The first-order chi connectivity index (χ1) is 7.86. The number of hydrogen-bond acceptors (Lipinski definition) is 2. The Kier molecular flexibility index (Phi) is 4.40. The van der Waals surface area contributed by atoms with Crippen molar-refractivity contribution >= 4 is 5.69 Å². The molecule has 0 saturated carbocycles. The predicted octanol–water partition coefficient (Wildman–Crippen LogP) is 3.13. The van der Waals surface area contributed by atoms with Crippen molar-refractivity contribution in [2.24, 2.45) is 5.92 Å². The third kappa shape index (κ3) is 3.63. The molecule has 0 bridgehead atoms. The topological polar surface area (TPSA) is 32.3 Å². The molecule has 1 aromatic rings. The van der Waals surface area contributed by atoms with Crippen LogP contribution >= 0.6 is 0 Å². The highest BCUT2D eigenvalue weighted by molar-refractivity contribution is 5.53. The van der Waals surface area contributed by atoms with E-state index in [0.717, 1.165) is 6.07 Å². The molecular weight excluding hydrogens is 231 g/mol. The van der Waals surface area contributed by atoms with Gasteiger partial charge in [0, 0.05) is 18.3 Å². The quantitative estimate of drug-likeness (QED) is 0.856. The number of aliphatic hydroxyl groups is 1. The molecule has 0 amide bonds. The van der Waals surface area contributed by atoms with Crippen LogP contribution in [-0.4, -0.2) is 17.8 Å². The number of anilines is 1. The number of benzene rings is 1. The van der Waals surface area contributed by atoms with E-state index >= 15 is 0 Å². The minimum Gasteiger partial charge on any atom is -0.396 e. The molecule has 0 saturated heterocycles. The number of nitrogens with one attached hydrogen (secondary N) is 1. The van der Waals surface area contributed by atoms with Crippen LogP contribution in [0.1, 0.15) is 19.4 Å². The van der Waals surface area contributed by atoms with Gasteiger partial charge in [-0.2, -0.15) is 13.2 Å². The van der Waals surface area contributed by atoms with Gasteiger partial charge in [0.15, 0.2) is 0 Å². The van der Waals surface area contributed by atoms with Gasteiger partial charge in [-0.1, -0.05) is 19.1 Å². The summed E-state index contributed by atoms with van der Waals surface area (Å²) in [6.07, 6.45) is -4.37. The molecule has 0 spiro atoms. The van der Waals surface area contributed by atoms with Gasteiger partial charge in [0.25, 0.3) is 0 Å². The zero-order valence-corrected chi connectivity index (χ0v) is 9.75. The SMILES string of the molecule is CC(CO)C(C)Nc1ccccc1C(F)(F)F. The van der Waals surface area contributed by atoms with Gasteiger partial charge in [-0.25, -0.2) is 0 Å². The predicted molar refractivity (Wildman–Crippen MR) is 60.8 cm³/mol. The lowest BCUT2D eigenvalue weighted by atomic mass is 10.0. The van der Waals surface area contributed by atoms with E-state index in [2.05, 4.69) is 5.32 Å². The molecular formula is C12H16F3NO. The maximum Gasteiger partial charge on any atom is 0.418 e. The van der Waals surface area contributed by atoms with E-state index in [1.165, 1.54) is 12.1 Å². The highest BCUT2D eigenvalue weighted by Gasteiger charge is 2.33. The Hall–Kier alpha value is -1.23. The minimum atomic E-state index is -4.37. The fourth-order valence-electron chi connectivity index (χ4n) is 1.40. The first-order valence-corrected chi connectivity index (χ1v) is 5.40. The zero-order chi connectivity index (χ0) is 13.1. The summed E-state index contributed by atoms with van der Waals surface area (Å²) in [5, 5.41) is 11.7. The van der Waals surface area contributed by atoms with E-state index in [-0.39, 0.29) is 24.3 Å².